The highest BCUT2D eigenvalue weighted by atomic mass is 16.6. The minimum Gasteiger partial charge on any atom is -0.355 e. The molecule has 0 atom stereocenters. The zero-order valence-electron chi connectivity index (χ0n) is 12.4. The highest BCUT2D eigenvalue weighted by molar-refractivity contribution is 6.01. The fraction of sp³-hybridized carbons (Fsp3) is 0.125. The lowest BCUT2D eigenvalue weighted by Gasteiger charge is -2.07. The summed E-state index contributed by atoms with van der Waals surface area (Å²) in [5, 5.41) is 16.2. The first-order valence-corrected chi connectivity index (χ1v) is 6.85. The minimum absolute atomic E-state index is 0.0846. The van der Waals surface area contributed by atoms with Crippen molar-refractivity contribution in [2.45, 2.75) is 6.54 Å². The lowest BCUT2D eigenvalue weighted by molar-refractivity contribution is -0.385. The van der Waals surface area contributed by atoms with Crippen molar-refractivity contribution >= 4 is 17.5 Å². The molecule has 0 radical (unpaired) electrons. The van der Waals surface area contributed by atoms with Gasteiger partial charge in [-0.2, -0.15) is 0 Å². The molecule has 0 heterocycles. The van der Waals surface area contributed by atoms with Crippen LogP contribution in [0.3, 0.4) is 0 Å². The van der Waals surface area contributed by atoms with E-state index in [2.05, 4.69) is 10.6 Å². The summed E-state index contributed by atoms with van der Waals surface area (Å²) in [6.45, 7) is 0.258. The molecular formula is C16H15N3O4. The van der Waals surface area contributed by atoms with Gasteiger partial charge in [-0.3, -0.25) is 19.7 Å². The van der Waals surface area contributed by atoms with Crippen LogP contribution in [0, 0.1) is 10.1 Å². The zero-order valence-corrected chi connectivity index (χ0v) is 12.4. The molecule has 0 unspecified atom stereocenters. The highest BCUT2D eigenvalue weighted by Gasteiger charge is 2.22. The maximum absolute atomic E-state index is 12.2. The van der Waals surface area contributed by atoms with Gasteiger partial charge in [-0.25, -0.2) is 0 Å². The Morgan fingerprint density at radius 1 is 1.09 bits per heavy atom. The molecule has 2 N–H and O–H groups in total. The first-order valence-electron chi connectivity index (χ1n) is 6.85. The predicted molar refractivity (Wildman–Crippen MR) is 84.1 cm³/mol. The van der Waals surface area contributed by atoms with Crippen molar-refractivity contribution < 1.29 is 14.5 Å². The first kappa shape index (κ1) is 16.2. The molecule has 2 amide bonds. The van der Waals surface area contributed by atoms with Crippen molar-refractivity contribution in [1.82, 2.24) is 10.6 Å². The van der Waals surface area contributed by atoms with E-state index in [0.717, 1.165) is 11.6 Å². The fourth-order valence-electron chi connectivity index (χ4n) is 2.03. The van der Waals surface area contributed by atoms with Crippen molar-refractivity contribution in [3.8, 4) is 0 Å². The maximum atomic E-state index is 12.2. The van der Waals surface area contributed by atoms with Crippen LogP contribution < -0.4 is 10.6 Å². The third-order valence-electron chi connectivity index (χ3n) is 3.22. The predicted octanol–water partition coefficient (Wildman–Crippen LogP) is 1.88. The number of hydrogen-bond donors (Lipinski definition) is 2. The van der Waals surface area contributed by atoms with Crippen molar-refractivity contribution in [3.05, 3.63) is 75.3 Å². The molecule has 7 heteroatoms. The number of nitro groups is 1. The van der Waals surface area contributed by atoms with E-state index in [1.807, 2.05) is 30.3 Å². The second-order valence-electron chi connectivity index (χ2n) is 4.74. The molecule has 0 bridgehead atoms. The smallest absolute Gasteiger partial charge is 0.282 e. The van der Waals surface area contributed by atoms with Gasteiger partial charge in [0.25, 0.3) is 17.5 Å². The number of amides is 2. The summed E-state index contributed by atoms with van der Waals surface area (Å²) < 4.78 is 0. The molecule has 2 rings (SSSR count). The van der Waals surface area contributed by atoms with Gasteiger partial charge >= 0.3 is 0 Å². The van der Waals surface area contributed by atoms with Crippen LogP contribution in [-0.2, 0) is 6.54 Å². The summed E-state index contributed by atoms with van der Waals surface area (Å²) in [7, 11) is 1.43. The Morgan fingerprint density at radius 2 is 1.78 bits per heavy atom. The highest BCUT2D eigenvalue weighted by Crippen LogP contribution is 2.20. The lowest BCUT2D eigenvalue weighted by Crippen LogP contribution is -2.24. The van der Waals surface area contributed by atoms with Crippen molar-refractivity contribution in [2.75, 3.05) is 7.05 Å². The van der Waals surface area contributed by atoms with Crippen LogP contribution in [0.2, 0.25) is 0 Å². The Labute approximate surface area is 132 Å². The second kappa shape index (κ2) is 7.17. The summed E-state index contributed by atoms with van der Waals surface area (Å²) in [6.07, 6.45) is 0. The van der Waals surface area contributed by atoms with Gasteiger partial charge < -0.3 is 10.6 Å². The molecule has 0 aliphatic carbocycles. The van der Waals surface area contributed by atoms with Crippen molar-refractivity contribution in [2.24, 2.45) is 0 Å². The zero-order chi connectivity index (χ0) is 16.8. The van der Waals surface area contributed by atoms with E-state index in [9.17, 15) is 19.7 Å². The monoisotopic (exact) mass is 313 g/mol. The fourth-order valence-corrected chi connectivity index (χ4v) is 2.03. The molecule has 0 fully saturated rings. The molecule has 118 valence electrons. The molecule has 0 spiro atoms. The Morgan fingerprint density at radius 3 is 2.39 bits per heavy atom. The van der Waals surface area contributed by atoms with Gasteiger partial charge in [-0.1, -0.05) is 30.3 Å². The molecule has 0 saturated carbocycles. The van der Waals surface area contributed by atoms with Crippen molar-refractivity contribution in [1.29, 1.82) is 0 Å². The third kappa shape index (κ3) is 3.91. The van der Waals surface area contributed by atoms with Gasteiger partial charge in [0, 0.05) is 25.2 Å². The normalized spacial score (nSPS) is 9.96. The van der Waals surface area contributed by atoms with Crippen LogP contribution in [0.15, 0.2) is 48.5 Å². The molecular weight excluding hydrogens is 298 g/mol. The number of nitrogens with zero attached hydrogens (tertiary/aromatic N) is 1. The van der Waals surface area contributed by atoms with Crippen LogP contribution in [0.5, 0.6) is 0 Å². The van der Waals surface area contributed by atoms with Gasteiger partial charge in [0.2, 0.25) is 0 Å². The summed E-state index contributed by atoms with van der Waals surface area (Å²) in [5.41, 5.74) is 0.513. The van der Waals surface area contributed by atoms with Crippen LogP contribution in [0.25, 0.3) is 0 Å². The summed E-state index contributed by atoms with van der Waals surface area (Å²) in [5.74, 6) is -1.02. The van der Waals surface area contributed by atoms with E-state index in [4.69, 9.17) is 0 Å². The second-order valence-corrected chi connectivity index (χ2v) is 4.74. The average Bonchev–Trinajstić information content (AvgIpc) is 2.59. The summed E-state index contributed by atoms with van der Waals surface area (Å²) in [6, 6.07) is 13.0. The number of benzene rings is 2. The topological polar surface area (TPSA) is 101 Å². The molecule has 0 aliphatic heterocycles. The number of carbonyl (C=O) groups excluding carboxylic acids is 2. The quantitative estimate of drug-likeness (QED) is 0.650. The number of carbonyl (C=O) groups is 2. The van der Waals surface area contributed by atoms with Gasteiger partial charge in [-0.15, -0.1) is 0 Å². The summed E-state index contributed by atoms with van der Waals surface area (Å²) in [4.78, 5) is 34.2. The van der Waals surface area contributed by atoms with Crippen LogP contribution in [0.4, 0.5) is 5.69 Å². The lowest BCUT2D eigenvalue weighted by atomic mass is 10.1. The van der Waals surface area contributed by atoms with E-state index in [-0.39, 0.29) is 17.7 Å². The molecule has 7 nitrogen and oxygen atoms in total. The first-order chi connectivity index (χ1) is 11.0. The minimum atomic E-state index is -0.677. The van der Waals surface area contributed by atoms with Crippen LogP contribution >= 0.6 is 0 Å². The molecule has 0 aromatic heterocycles. The van der Waals surface area contributed by atoms with Gasteiger partial charge in [-0.05, 0) is 17.7 Å². The maximum Gasteiger partial charge on any atom is 0.282 e. The Hall–Kier alpha value is -3.22. The molecule has 2 aromatic rings. The van der Waals surface area contributed by atoms with Crippen molar-refractivity contribution in [3.63, 3.8) is 0 Å². The van der Waals surface area contributed by atoms with Gasteiger partial charge in [0.05, 0.1) is 4.92 Å². The van der Waals surface area contributed by atoms with E-state index < -0.39 is 22.4 Å². The van der Waals surface area contributed by atoms with Crippen LogP contribution in [0.1, 0.15) is 26.3 Å². The SMILES string of the molecule is CNC(=O)c1ccc(C(=O)NCc2ccccc2)c([N+](=O)[O-])c1. The molecule has 23 heavy (non-hydrogen) atoms. The van der Waals surface area contributed by atoms with Gasteiger partial charge in [0.15, 0.2) is 0 Å². The Bertz CT molecular complexity index is 744. The van der Waals surface area contributed by atoms with E-state index in [0.29, 0.717) is 0 Å². The van der Waals surface area contributed by atoms with E-state index >= 15 is 0 Å². The van der Waals surface area contributed by atoms with Crippen LogP contribution in [-0.4, -0.2) is 23.8 Å². The molecule has 2 aromatic carbocycles. The number of nitrogens with one attached hydrogen (secondary N) is 2. The van der Waals surface area contributed by atoms with E-state index in [1.165, 1.54) is 19.2 Å². The average molecular weight is 313 g/mol. The summed E-state index contributed by atoms with van der Waals surface area (Å²) >= 11 is 0. The Balaban J connectivity index is 2.22. The third-order valence-corrected chi connectivity index (χ3v) is 3.22. The number of rotatable bonds is 5. The van der Waals surface area contributed by atoms with Gasteiger partial charge in [0.1, 0.15) is 5.56 Å². The Kier molecular flexibility index (Phi) is 5.03. The number of nitro benzene ring substituents is 1. The van der Waals surface area contributed by atoms with E-state index in [1.54, 1.807) is 0 Å². The molecule has 0 saturated heterocycles. The number of hydrogen-bond acceptors (Lipinski definition) is 4. The standard InChI is InChI=1S/C16H15N3O4/c1-17-15(20)12-7-8-13(14(9-12)19(22)23)16(21)18-10-11-5-3-2-4-6-11/h2-9H,10H2,1H3,(H,17,20)(H,18,21). The largest absolute Gasteiger partial charge is 0.355 e. The molecule has 0 aliphatic rings.